The summed E-state index contributed by atoms with van der Waals surface area (Å²) in [6, 6.07) is 6.21. The Morgan fingerprint density at radius 2 is 1.84 bits per heavy atom. The number of aliphatic hydroxyl groups is 1. The topological polar surface area (TPSA) is 91.7 Å². The maximum Gasteiger partial charge on any atom is 0.303 e. The maximum atomic E-state index is 11.9. The van der Waals surface area contributed by atoms with Crippen LogP contribution in [0.3, 0.4) is 0 Å². The average Bonchev–Trinajstić information content (AvgIpc) is 2.34. The molecule has 5 nitrogen and oxygen atoms in total. The normalized spacial score (nSPS) is 13.2. The van der Waals surface area contributed by atoms with Gasteiger partial charge in [0.25, 0.3) is 0 Å². The Balaban J connectivity index is 2.72. The smallest absolute Gasteiger partial charge is 0.303 e. The van der Waals surface area contributed by atoms with E-state index in [4.69, 9.17) is 10.2 Å². The third kappa shape index (κ3) is 5.40. The number of sulfone groups is 1. The molecule has 0 amide bonds. The van der Waals surface area contributed by atoms with Gasteiger partial charge in [0.15, 0.2) is 9.84 Å². The molecule has 1 aromatic rings. The van der Waals surface area contributed by atoms with Crippen molar-refractivity contribution in [3.63, 3.8) is 0 Å². The van der Waals surface area contributed by atoms with E-state index >= 15 is 0 Å². The van der Waals surface area contributed by atoms with Gasteiger partial charge in [-0.25, -0.2) is 8.42 Å². The summed E-state index contributed by atoms with van der Waals surface area (Å²) in [5.74, 6) is -0.979. The van der Waals surface area contributed by atoms with Crippen LogP contribution < -0.4 is 0 Å². The highest BCUT2D eigenvalue weighted by Gasteiger charge is 2.15. The van der Waals surface area contributed by atoms with Gasteiger partial charge in [-0.05, 0) is 37.5 Å². The van der Waals surface area contributed by atoms with E-state index in [1.807, 2.05) is 0 Å². The first kappa shape index (κ1) is 15.7. The second-order valence-corrected chi connectivity index (χ2v) is 6.60. The Morgan fingerprint density at radius 1 is 1.26 bits per heavy atom. The molecule has 0 saturated carbocycles. The summed E-state index contributed by atoms with van der Waals surface area (Å²) in [6.45, 7) is 1.55. The van der Waals surface area contributed by atoms with Gasteiger partial charge in [0, 0.05) is 6.42 Å². The average molecular weight is 286 g/mol. The lowest BCUT2D eigenvalue weighted by atomic mass is 10.1. The highest BCUT2D eigenvalue weighted by molar-refractivity contribution is 7.91. The van der Waals surface area contributed by atoms with Crippen LogP contribution >= 0.6 is 0 Å². The lowest BCUT2D eigenvalue weighted by Crippen LogP contribution is -2.12. The predicted octanol–water partition coefficient (Wildman–Crippen LogP) is 1.25. The molecular formula is C13H18O5S. The van der Waals surface area contributed by atoms with Crippen molar-refractivity contribution in [2.24, 2.45) is 0 Å². The number of benzene rings is 1. The molecule has 0 aromatic heterocycles. The van der Waals surface area contributed by atoms with Gasteiger partial charge < -0.3 is 10.2 Å². The number of rotatable bonds is 7. The quantitative estimate of drug-likeness (QED) is 0.787. The van der Waals surface area contributed by atoms with E-state index in [2.05, 4.69) is 0 Å². The largest absolute Gasteiger partial charge is 0.481 e. The van der Waals surface area contributed by atoms with Crippen LogP contribution in [0, 0.1) is 0 Å². The summed E-state index contributed by atoms with van der Waals surface area (Å²) in [5.41, 5.74) is 0.789. The molecule has 0 fully saturated rings. The molecule has 0 aliphatic heterocycles. The second-order valence-electron chi connectivity index (χ2n) is 4.49. The van der Waals surface area contributed by atoms with Crippen molar-refractivity contribution in [2.75, 3.05) is 5.75 Å². The first-order chi connectivity index (χ1) is 8.81. The minimum Gasteiger partial charge on any atom is -0.481 e. The number of aliphatic hydroxyl groups excluding tert-OH is 1. The zero-order chi connectivity index (χ0) is 14.5. The van der Waals surface area contributed by atoms with Gasteiger partial charge in [0.1, 0.15) is 0 Å². The fraction of sp³-hybridized carbons (Fsp3) is 0.462. The molecule has 0 saturated heterocycles. The van der Waals surface area contributed by atoms with Crippen LogP contribution in [0.4, 0.5) is 0 Å². The van der Waals surface area contributed by atoms with Crippen LogP contribution in [0.2, 0.25) is 0 Å². The lowest BCUT2D eigenvalue weighted by Gasteiger charge is -2.07. The molecule has 106 valence electrons. The van der Waals surface area contributed by atoms with Crippen molar-refractivity contribution in [1.29, 1.82) is 0 Å². The molecule has 0 heterocycles. The molecule has 0 spiro atoms. The fourth-order valence-electron chi connectivity index (χ4n) is 1.56. The Bertz CT molecular complexity index is 516. The molecular weight excluding hydrogens is 268 g/mol. The van der Waals surface area contributed by atoms with Crippen LogP contribution in [0.5, 0.6) is 0 Å². The number of carbonyl (C=O) groups is 1. The van der Waals surface area contributed by atoms with E-state index < -0.39 is 21.9 Å². The Morgan fingerprint density at radius 3 is 2.32 bits per heavy atom. The summed E-state index contributed by atoms with van der Waals surface area (Å²) in [5, 5.41) is 17.7. The molecule has 0 aliphatic carbocycles. The standard InChI is InChI=1S/C13H18O5S/c1-10(14)8-9-19(17,18)12-5-2-11(3-6-12)4-7-13(15)16/h2-3,5-6,10,14H,4,7-9H2,1H3,(H,15,16). The van der Waals surface area contributed by atoms with Crippen LogP contribution in [-0.4, -0.2) is 36.5 Å². The fourth-order valence-corrected chi connectivity index (χ4v) is 3.00. The van der Waals surface area contributed by atoms with E-state index in [9.17, 15) is 13.2 Å². The van der Waals surface area contributed by atoms with Gasteiger partial charge >= 0.3 is 5.97 Å². The van der Waals surface area contributed by atoms with Crippen molar-refractivity contribution < 1.29 is 23.4 Å². The molecule has 1 atom stereocenters. The molecule has 1 unspecified atom stereocenters. The molecule has 0 radical (unpaired) electrons. The van der Waals surface area contributed by atoms with Crippen LogP contribution in [-0.2, 0) is 21.1 Å². The third-order valence-corrected chi connectivity index (χ3v) is 4.48. The number of carboxylic acids is 1. The summed E-state index contributed by atoms with van der Waals surface area (Å²) < 4.78 is 23.8. The predicted molar refractivity (Wildman–Crippen MR) is 70.7 cm³/mol. The Hall–Kier alpha value is -1.40. The van der Waals surface area contributed by atoms with Crippen molar-refractivity contribution in [1.82, 2.24) is 0 Å². The summed E-state index contributed by atoms with van der Waals surface area (Å²) >= 11 is 0. The van der Waals surface area contributed by atoms with Gasteiger partial charge in [-0.1, -0.05) is 12.1 Å². The van der Waals surface area contributed by atoms with Crippen molar-refractivity contribution in [3.8, 4) is 0 Å². The summed E-state index contributed by atoms with van der Waals surface area (Å²) in [6.07, 6.45) is -0.0507. The number of hydrogen-bond acceptors (Lipinski definition) is 4. The van der Waals surface area contributed by atoms with Gasteiger partial charge in [0.2, 0.25) is 0 Å². The van der Waals surface area contributed by atoms with Crippen molar-refractivity contribution >= 4 is 15.8 Å². The third-order valence-electron chi connectivity index (χ3n) is 2.71. The Labute approximate surface area is 112 Å². The van der Waals surface area contributed by atoms with Gasteiger partial charge in [0.05, 0.1) is 16.8 Å². The van der Waals surface area contributed by atoms with E-state index in [-0.39, 0.29) is 23.5 Å². The summed E-state index contributed by atoms with van der Waals surface area (Å²) in [4.78, 5) is 10.6. The van der Waals surface area contributed by atoms with E-state index in [1.165, 1.54) is 12.1 Å². The monoisotopic (exact) mass is 286 g/mol. The SMILES string of the molecule is CC(O)CCS(=O)(=O)c1ccc(CCC(=O)O)cc1. The van der Waals surface area contributed by atoms with E-state index in [0.29, 0.717) is 6.42 Å². The molecule has 19 heavy (non-hydrogen) atoms. The zero-order valence-corrected chi connectivity index (χ0v) is 11.6. The number of aryl methyl sites for hydroxylation is 1. The number of aliphatic carboxylic acids is 1. The summed E-state index contributed by atoms with van der Waals surface area (Å²) in [7, 11) is -3.38. The highest BCUT2D eigenvalue weighted by Crippen LogP contribution is 2.15. The van der Waals surface area contributed by atoms with Gasteiger partial charge in [-0.3, -0.25) is 4.79 Å². The number of carboxylic acid groups (broad SMARTS) is 1. The molecule has 0 bridgehead atoms. The van der Waals surface area contributed by atoms with Gasteiger partial charge in [-0.2, -0.15) is 0 Å². The van der Waals surface area contributed by atoms with Crippen LogP contribution in [0.1, 0.15) is 25.3 Å². The molecule has 2 N–H and O–H groups in total. The van der Waals surface area contributed by atoms with Crippen LogP contribution in [0.15, 0.2) is 29.2 Å². The first-order valence-corrected chi connectivity index (χ1v) is 7.68. The minimum atomic E-state index is -3.38. The zero-order valence-electron chi connectivity index (χ0n) is 10.7. The van der Waals surface area contributed by atoms with Crippen molar-refractivity contribution in [3.05, 3.63) is 29.8 Å². The maximum absolute atomic E-state index is 11.9. The molecule has 1 aromatic carbocycles. The molecule has 6 heteroatoms. The van der Waals surface area contributed by atoms with Crippen LogP contribution in [0.25, 0.3) is 0 Å². The molecule has 0 aliphatic rings. The highest BCUT2D eigenvalue weighted by atomic mass is 32.2. The number of hydrogen-bond donors (Lipinski definition) is 2. The second kappa shape index (κ2) is 6.68. The van der Waals surface area contributed by atoms with E-state index in [0.717, 1.165) is 5.56 Å². The van der Waals surface area contributed by atoms with Gasteiger partial charge in [-0.15, -0.1) is 0 Å². The van der Waals surface area contributed by atoms with E-state index in [1.54, 1.807) is 19.1 Å². The molecule has 1 rings (SSSR count). The lowest BCUT2D eigenvalue weighted by molar-refractivity contribution is -0.136. The van der Waals surface area contributed by atoms with Crippen molar-refractivity contribution in [2.45, 2.75) is 37.2 Å². The Kier molecular flexibility index (Phi) is 5.50. The minimum absolute atomic E-state index is 0.0219. The first-order valence-electron chi connectivity index (χ1n) is 6.03.